The highest BCUT2D eigenvalue weighted by molar-refractivity contribution is 5.90. The molecule has 7 heteroatoms. The number of H-pyrrole nitrogens is 1. The minimum Gasteiger partial charge on any atom is -0.468 e. The quantitative estimate of drug-likeness (QED) is 0.499. The van der Waals surface area contributed by atoms with Gasteiger partial charge in [0.05, 0.1) is 12.0 Å². The first-order valence-electron chi connectivity index (χ1n) is 6.03. The number of esters is 1. The number of hydrogen-bond acceptors (Lipinski definition) is 5. The highest BCUT2D eigenvalue weighted by Crippen LogP contribution is 2.29. The number of hydrogen-bond donors (Lipinski definition) is 2. The van der Waals surface area contributed by atoms with Gasteiger partial charge in [0, 0.05) is 35.2 Å². The SMILES string of the molecule is COC(=O)C(N)Cc1c[nH]c2ccc([N+](=O)[O-])c(C)c12. The lowest BCUT2D eigenvalue weighted by Gasteiger charge is -2.09. The van der Waals surface area contributed by atoms with Gasteiger partial charge >= 0.3 is 5.97 Å². The number of nitro benzene ring substituents is 1. The minimum absolute atomic E-state index is 0.0463. The van der Waals surface area contributed by atoms with Gasteiger partial charge in [-0.3, -0.25) is 14.9 Å². The predicted octanol–water partition coefficient (Wildman–Crippen LogP) is 1.43. The van der Waals surface area contributed by atoms with Crippen LogP contribution in [-0.4, -0.2) is 29.0 Å². The molecule has 0 radical (unpaired) electrons. The molecule has 2 aromatic rings. The summed E-state index contributed by atoms with van der Waals surface area (Å²) in [4.78, 5) is 24.9. The first kappa shape index (κ1) is 14.0. The van der Waals surface area contributed by atoms with Crippen molar-refractivity contribution in [3.8, 4) is 0 Å². The van der Waals surface area contributed by atoms with E-state index >= 15 is 0 Å². The average molecular weight is 277 g/mol. The molecule has 1 atom stereocenters. The molecule has 0 aliphatic carbocycles. The van der Waals surface area contributed by atoms with Gasteiger partial charge in [0.15, 0.2) is 0 Å². The Labute approximate surface area is 114 Å². The Morgan fingerprint density at radius 3 is 2.85 bits per heavy atom. The van der Waals surface area contributed by atoms with Crippen LogP contribution >= 0.6 is 0 Å². The third-order valence-electron chi connectivity index (χ3n) is 3.30. The maximum atomic E-state index is 11.4. The number of rotatable bonds is 4. The Morgan fingerprint density at radius 2 is 2.25 bits per heavy atom. The molecule has 0 fully saturated rings. The van der Waals surface area contributed by atoms with E-state index in [-0.39, 0.29) is 12.1 Å². The van der Waals surface area contributed by atoms with Crippen LogP contribution in [0.1, 0.15) is 11.1 Å². The van der Waals surface area contributed by atoms with Crippen LogP contribution < -0.4 is 5.73 Å². The Hall–Kier alpha value is -2.41. The number of benzene rings is 1. The number of aromatic amines is 1. The summed E-state index contributed by atoms with van der Waals surface area (Å²) in [6, 6.07) is 2.31. The third kappa shape index (κ3) is 2.35. The number of nitrogens with zero attached hydrogens (tertiary/aromatic N) is 1. The van der Waals surface area contributed by atoms with Gasteiger partial charge in [0.2, 0.25) is 0 Å². The first-order chi connectivity index (χ1) is 9.45. The van der Waals surface area contributed by atoms with Gasteiger partial charge in [0.25, 0.3) is 5.69 Å². The highest BCUT2D eigenvalue weighted by atomic mass is 16.6. The van der Waals surface area contributed by atoms with Gasteiger partial charge in [-0.05, 0) is 18.6 Å². The Morgan fingerprint density at radius 1 is 1.55 bits per heavy atom. The van der Waals surface area contributed by atoms with E-state index in [0.29, 0.717) is 5.56 Å². The van der Waals surface area contributed by atoms with Crippen LogP contribution in [0, 0.1) is 17.0 Å². The van der Waals surface area contributed by atoms with E-state index in [1.165, 1.54) is 13.2 Å². The number of nitro groups is 1. The standard InChI is InChI=1S/C13H15N3O4/c1-7-11(16(18)19)4-3-10-12(7)8(6-15-10)5-9(14)13(17)20-2/h3-4,6,9,15H,5,14H2,1-2H3. The fourth-order valence-corrected chi connectivity index (χ4v) is 2.30. The molecule has 3 N–H and O–H groups in total. The molecule has 1 heterocycles. The summed E-state index contributed by atoms with van der Waals surface area (Å²) in [5.74, 6) is -0.512. The number of ether oxygens (including phenoxy) is 1. The molecule has 0 bridgehead atoms. The van der Waals surface area contributed by atoms with Crippen LogP contribution in [-0.2, 0) is 16.0 Å². The second kappa shape index (κ2) is 5.30. The molecule has 1 aromatic carbocycles. The van der Waals surface area contributed by atoms with E-state index in [0.717, 1.165) is 16.5 Å². The number of carbonyl (C=O) groups excluding carboxylic acids is 1. The van der Waals surface area contributed by atoms with Crippen LogP contribution in [0.15, 0.2) is 18.3 Å². The molecule has 20 heavy (non-hydrogen) atoms. The monoisotopic (exact) mass is 277 g/mol. The van der Waals surface area contributed by atoms with Gasteiger partial charge in [-0.1, -0.05) is 0 Å². The topological polar surface area (TPSA) is 111 Å². The molecular formula is C13H15N3O4. The fourth-order valence-electron chi connectivity index (χ4n) is 2.30. The van der Waals surface area contributed by atoms with Crippen molar-refractivity contribution in [3.63, 3.8) is 0 Å². The molecule has 0 aliphatic rings. The van der Waals surface area contributed by atoms with Crippen LogP contribution in [0.2, 0.25) is 0 Å². The number of aryl methyl sites for hydroxylation is 1. The number of methoxy groups -OCH3 is 1. The van der Waals surface area contributed by atoms with Gasteiger partial charge in [-0.25, -0.2) is 0 Å². The Balaban J connectivity index is 2.47. The lowest BCUT2D eigenvalue weighted by molar-refractivity contribution is -0.385. The zero-order chi connectivity index (χ0) is 14.9. The minimum atomic E-state index is -0.794. The van der Waals surface area contributed by atoms with Crippen LogP contribution in [0.3, 0.4) is 0 Å². The van der Waals surface area contributed by atoms with Crippen molar-refractivity contribution in [1.82, 2.24) is 4.98 Å². The molecular weight excluding hydrogens is 262 g/mol. The van der Waals surface area contributed by atoms with Crippen molar-refractivity contribution < 1.29 is 14.5 Å². The van der Waals surface area contributed by atoms with Crippen LogP contribution in [0.5, 0.6) is 0 Å². The summed E-state index contributed by atoms with van der Waals surface area (Å²) in [5.41, 5.74) is 7.88. The van der Waals surface area contributed by atoms with E-state index in [1.807, 2.05) is 0 Å². The van der Waals surface area contributed by atoms with E-state index < -0.39 is 16.9 Å². The van der Waals surface area contributed by atoms with Gasteiger partial charge in [-0.15, -0.1) is 0 Å². The Bertz CT molecular complexity index is 678. The van der Waals surface area contributed by atoms with Crippen LogP contribution in [0.4, 0.5) is 5.69 Å². The molecule has 1 unspecified atom stereocenters. The summed E-state index contributed by atoms with van der Waals surface area (Å²) in [6.07, 6.45) is 1.97. The lowest BCUT2D eigenvalue weighted by atomic mass is 10.0. The number of carbonyl (C=O) groups is 1. The van der Waals surface area contributed by atoms with Crippen molar-refractivity contribution in [2.24, 2.45) is 5.73 Å². The number of fused-ring (bicyclic) bond motifs is 1. The van der Waals surface area contributed by atoms with E-state index in [2.05, 4.69) is 9.72 Å². The molecule has 0 saturated carbocycles. The highest BCUT2D eigenvalue weighted by Gasteiger charge is 2.20. The average Bonchev–Trinajstić information content (AvgIpc) is 2.81. The van der Waals surface area contributed by atoms with Gasteiger partial charge in [0.1, 0.15) is 6.04 Å². The third-order valence-corrected chi connectivity index (χ3v) is 3.30. The fraction of sp³-hybridized carbons (Fsp3) is 0.308. The van der Waals surface area contributed by atoms with Gasteiger partial charge < -0.3 is 15.5 Å². The summed E-state index contributed by atoms with van der Waals surface area (Å²) in [6.45, 7) is 1.68. The largest absolute Gasteiger partial charge is 0.468 e. The van der Waals surface area contributed by atoms with Crippen molar-refractivity contribution in [1.29, 1.82) is 0 Å². The van der Waals surface area contributed by atoms with E-state index in [1.54, 1.807) is 19.2 Å². The van der Waals surface area contributed by atoms with Gasteiger partial charge in [-0.2, -0.15) is 0 Å². The summed E-state index contributed by atoms with van der Waals surface area (Å²) in [7, 11) is 1.27. The molecule has 0 amide bonds. The number of aromatic nitrogens is 1. The smallest absolute Gasteiger partial charge is 0.322 e. The summed E-state index contributed by atoms with van der Waals surface area (Å²) in [5, 5.41) is 11.7. The molecule has 0 saturated heterocycles. The maximum absolute atomic E-state index is 11.4. The molecule has 106 valence electrons. The molecule has 7 nitrogen and oxygen atoms in total. The van der Waals surface area contributed by atoms with E-state index in [4.69, 9.17) is 5.73 Å². The first-order valence-corrected chi connectivity index (χ1v) is 6.03. The zero-order valence-corrected chi connectivity index (χ0v) is 11.2. The Kier molecular flexibility index (Phi) is 3.71. The van der Waals surface area contributed by atoms with Crippen molar-refractivity contribution in [2.45, 2.75) is 19.4 Å². The zero-order valence-electron chi connectivity index (χ0n) is 11.2. The summed E-state index contributed by atoms with van der Waals surface area (Å²) < 4.78 is 4.58. The number of nitrogens with two attached hydrogens (primary N) is 1. The predicted molar refractivity (Wildman–Crippen MR) is 73.4 cm³/mol. The normalized spacial score (nSPS) is 12.3. The molecule has 2 rings (SSSR count). The van der Waals surface area contributed by atoms with Crippen molar-refractivity contribution in [2.75, 3.05) is 7.11 Å². The second-order valence-corrected chi connectivity index (χ2v) is 4.54. The van der Waals surface area contributed by atoms with Crippen LogP contribution in [0.25, 0.3) is 10.9 Å². The van der Waals surface area contributed by atoms with Crippen molar-refractivity contribution in [3.05, 3.63) is 39.6 Å². The number of nitrogens with one attached hydrogen (secondary N) is 1. The maximum Gasteiger partial charge on any atom is 0.322 e. The second-order valence-electron chi connectivity index (χ2n) is 4.54. The summed E-state index contributed by atoms with van der Waals surface area (Å²) >= 11 is 0. The van der Waals surface area contributed by atoms with Crippen molar-refractivity contribution >= 4 is 22.6 Å². The van der Waals surface area contributed by atoms with E-state index in [9.17, 15) is 14.9 Å². The lowest BCUT2D eigenvalue weighted by Crippen LogP contribution is -2.33. The molecule has 0 aliphatic heterocycles. The molecule has 0 spiro atoms. The molecule has 1 aromatic heterocycles.